The molecule has 3 N–H and O–H groups in total. The molecule has 2 heterocycles. The molecule has 0 unspecified atom stereocenters. The van der Waals surface area contributed by atoms with Crippen LogP contribution in [0.15, 0.2) is 48.9 Å². The van der Waals surface area contributed by atoms with Crippen molar-refractivity contribution in [3.05, 3.63) is 70.6 Å². The number of benzene rings is 2. The Kier molecular flexibility index (Phi) is 5.45. The summed E-state index contributed by atoms with van der Waals surface area (Å²) in [6.07, 6.45) is -0.580. The number of hydrogen-bond acceptors (Lipinski definition) is 5. The highest BCUT2D eigenvalue weighted by Crippen LogP contribution is 2.37. The van der Waals surface area contributed by atoms with E-state index in [1.165, 1.54) is 18.5 Å². The zero-order valence-corrected chi connectivity index (χ0v) is 16.8. The third-order valence-corrected chi connectivity index (χ3v) is 5.30. The Morgan fingerprint density at radius 3 is 2.61 bits per heavy atom. The molecule has 160 valence electrons. The molecule has 3 aromatic rings. The van der Waals surface area contributed by atoms with Crippen LogP contribution in [0.4, 0.5) is 19.0 Å². The van der Waals surface area contributed by atoms with E-state index < -0.39 is 17.6 Å². The van der Waals surface area contributed by atoms with E-state index in [1.807, 2.05) is 4.90 Å². The van der Waals surface area contributed by atoms with Crippen molar-refractivity contribution in [1.29, 1.82) is 0 Å². The van der Waals surface area contributed by atoms with Crippen LogP contribution in [-0.4, -0.2) is 33.9 Å². The maximum absolute atomic E-state index is 13.4. The highest BCUT2D eigenvalue weighted by Gasteiger charge is 2.33. The molecule has 1 fully saturated rings. The molecule has 10 heteroatoms. The Morgan fingerprint density at radius 1 is 1.19 bits per heavy atom. The second-order valence-electron chi connectivity index (χ2n) is 7.04. The Balaban J connectivity index is 1.81. The number of fused-ring (bicyclic) bond motifs is 1. The summed E-state index contributed by atoms with van der Waals surface area (Å²) in [5.74, 6) is -0.303. The predicted octanol–water partition coefficient (Wildman–Crippen LogP) is 4.52. The first-order chi connectivity index (χ1) is 14.7. The van der Waals surface area contributed by atoms with Crippen molar-refractivity contribution in [2.75, 3.05) is 18.4 Å². The van der Waals surface area contributed by atoms with Crippen LogP contribution < -0.4 is 11.1 Å². The lowest BCUT2D eigenvalue weighted by Gasteiger charge is -2.30. The van der Waals surface area contributed by atoms with E-state index in [-0.39, 0.29) is 10.6 Å². The van der Waals surface area contributed by atoms with Gasteiger partial charge in [0.1, 0.15) is 12.1 Å². The minimum atomic E-state index is -4.59. The van der Waals surface area contributed by atoms with Gasteiger partial charge in [0.15, 0.2) is 0 Å². The second-order valence-corrected chi connectivity index (χ2v) is 7.45. The second kappa shape index (κ2) is 8.07. The summed E-state index contributed by atoms with van der Waals surface area (Å²) in [6.45, 7) is 1.59. The summed E-state index contributed by atoms with van der Waals surface area (Å²) in [4.78, 5) is 22.1. The predicted molar refractivity (Wildman–Crippen MR) is 112 cm³/mol. The lowest BCUT2D eigenvalue weighted by Crippen LogP contribution is -2.32. The van der Waals surface area contributed by atoms with Crippen LogP contribution in [0.25, 0.3) is 16.6 Å². The summed E-state index contributed by atoms with van der Waals surface area (Å²) in [6, 6.07) is 8.61. The molecule has 6 nitrogen and oxygen atoms in total. The molecule has 0 bridgehead atoms. The number of amides is 1. The number of rotatable bonds is 5. The number of carbonyl (C=O) groups is 1. The van der Waals surface area contributed by atoms with Gasteiger partial charge in [0.05, 0.1) is 27.4 Å². The Bertz CT molecular complexity index is 1190. The number of halogens is 4. The number of likely N-dealkylation sites (tertiary alicyclic amines) is 1. The maximum atomic E-state index is 13.4. The topological polar surface area (TPSA) is 84.1 Å². The normalized spacial score (nSPS) is 14.5. The molecular weight excluding hydrogens is 431 g/mol. The van der Waals surface area contributed by atoms with Gasteiger partial charge in [-0.05, 0) is 30.7 Å². The van der Waals surface area contributed by atoms with Crippen LogP contribution in [0.1, 0.15) is 27.9 Å². The van der Waals surface area contributed by atoms with E-state index in [0.29, 0.717) is 28.0 Å². The fraction of sp³-hybridized carbons (Fsp3) is 0.190. The largest absolute Gasteiger partial charge is 0.417 e. The number of nitrogens with two attached hydrogens (primary N) is 1. The lowest BCUT2D eigenvalue weighted by molar-refractivity contribution is -0.137. The van der Waals surface area contributed by atoms with Crippen LogP contribution in [0, 0.1) is 0 Å². The highest BCUT2D eigenvalue weighted by molar-refractivity contribution is 6.31. The Morgan fingerprint density at radius 2 is 1.97 bits per heavy atom. The highest BCUT2D eigenvalue weighted by atomic mass is 35.5. The van der Waals surface area contributed by atoms with E-state index in [1.54, 1.807) is 24.4 Å². The molecule has 1 aliphatic heterocycles. The molecular formula is C21H17ClF3N5O. The van der Waals surface area contributed by atoms with E-state index in [9.17, 15) is 18.0 Å². The van der Waals surface area contributed by atoms with E-state index in [2.05, 4.69) is 15.3 Å². The molecule has 31 heavy (non-hydrogen) atoms. The van der Waals surface area contributed by atoms with Crippen molar-refractivity contribution in [2.24, 2.45) is 5.73 Å². The molecule has 0 atom stereocenters. The van der Waals surface area contributed by atoms with Crippen molar-refractivity contribution < 1.29 is 18.0 Å². The van der Waals surface area contributed by atoms with E-state index in [4.69, 9.17) is 17.3 Å². The molecule has 2 aromatic carbocycles. The minimum absolute atomic E-state index is 0.224. The fourth-order valence-electron chi connectivity index (χ4n) is 3.25. The molecule has 0 aliphatic carbocycles. The van der Waals surface area contributed by atoms with E-state index in [0.717, 1.165) is 25.6 Å². The van der Waals surface area contributed by atoms with E-state index >= 15 is 0 Å². The third-order valence-electron chi connectivity index (χ3n) is 4.97. The molecule has 0 radical (unpaired) electrons. The monoisotopic (exact) mass is 447 g/mol. The van der Waals surface area contributed by atoms with Gasteiger partial charge in [0, 0.05) is 30.2 Å². The standard InChI is InChI=1S/C21H17ClF3N5O/c22-16-6-5-12(9-15(16)21(23,24)25)17(10-30-7-2-8-30)29-20-14-4-1-3-13(19(26)31)18(14)27-11-28-20/h1,3-6,9-11H,2,7-8H2,(H2,26,31)(H,27,28,29)/b17-10+. The minimum Gasteiger partial charge on any atom is -0.376 e. The van der Waals surface area contributed by atoms with Crippen molar-refractivity contribution in [3.8, 4) is 0 Å². The number of para-hydroxylation sites is 1. The van der Waals surface area contributed by atoms with Gasteiger partial charge in [-0.2, -0.15) is 13.2 Å². The van der Waals surface area contributed by atoms with Gasteiger partial charge in [-0.1, -0.05) is 23.7 Å². The molecule has 1 saturated heterocycles. The van der Waals surface area contributed by atoms with Gasteiger partial charge in [-0.3, -0.25) is 4.79 Å². The van der Waals surface area contributed by atoms with Crippen molar-refractivity contribution in [3.63, 3.8) is 0 Å². The summed E-state index contributed by atoms with van der Waals surface area (Å²) >= 11 is 5.78. The fourth-order valence-corrected chi connectivity index (χ4v) is 3.48. The van der Waals surface area contributed by atoms with Crippen molar-refractivity contribution in [1.82, 2.24) is 14.9 Å². The quantitative estimate of drug-likeness (QED) is 0.601. The number of hydrogen-bond donors (Lipinski definition) is 2. The third kappa shape index (κ3) is 4.27. The van der Waals surface area contributed by atoms with Gasteiger partial charge in [0.2, 0.25) is 0 Å². The number of nitrogens with one attached hydrogen (secondary N) is 1. The van der Waals surface area contributed by atoms with Gasteiger partial charge >= 0.3 is 6.18 Å². The molecule has 1 amide bonds. The first-order valence-electron chi connectivity index (χ1n) is 9.37. The van der Waals surface area contributed by atoms with Gasteiger partial charge in [0.25, 0.3) is 5.91 Å². The summed E-state index contributed by atoms with van der Waals surface area (Å²) < 4.78 is 40.2. The maximum Gasteiger partial charge on any atom is 0.417 e. The Labute approximate surface area is 180 Å². The summed E-state index contributed by atoms with van der Waals surface area (Å²) in [7, 11) is 0. The number of aromatic nitrogens is 2. The summed E-state index contributed by atoms with van der Waals surface area (Å²) in [5, 5.41) is 3.24. The Hall–Kier alpha value is -3.33. The van der Waals surface area contributed by atoms with Crippen molar-refractivity contribution in [2.45, 2.75) is 12.6 Å². The molecule has 1 aromatic heterocycles. The zero-order chi connectivity index (χ0) is 22.2. The lowest BCUT2D eigenvalue weighted by atomic mass is 10.1. The zero-order valence-electron chi connectivity index (χ0n) is 16.1. The SMILES string of the molecule is NC(=O)c1cccc2c(N/C(=C/N3CCC3)c3ccc(Cl)c(C(F)(F)F)c3)ncnc12. The first-order valence-corrected chi connectivity index (χ1v) is 9.75. The van der Waals surface area contributed by atoms with Crippen molar-refractivity contribution >= 4 is 39.9 Å². The number of primary amides is 1. The van der Waals surface area contributed by atoms with Gasteiger partial charge in [-0.15, -0.1) is 0 Å². The number of carbonyl (C=O) groups excluding carboxylic acids is 1. The summed E-state index contributed by atoms with van der Waals surface area (Å²) in [5.41, 5.74) is 5.78. The van der Waals surface area contributed by atoms with Crippen LogP contribution in [0.3, 0.4) is 0 Å². The van der Waals surface area contributed by atoms with Crippen LogP contribution >= 0.6 is 11.6 Å². The van der Waals surface area contributed by atoms with Crippen LogP contribution in [0.5, 0.6) is 0 Å². The smallest absolute Gasteiger partial charge is 0.376 e. The van der Waals surface area contributed by atoms with Gasteiger partial charge < -0.3 is 16.0 Å². The number of alkyl halides is 3. The van der Waals surface area contributed by atoms with Gasteiger partial charge in [-0.25, -0.2) is 9.97 Å². The average Bonchev–Trinajstić information content (AvgIpc) is 2.68. The molecule has 0 saturated carbocycles. The molecule has 4 rings (SSSR count). The number of nitrogens with zero attached hydrogens (tertiary/aromatic N) is 3. The molecule has 0 spiro atoms. The first kappa shape index (κ1) is 20.9. The average molecular weight is 448 g/mol. The molecule has 1 aliphatic rings. The number of anilines is 1. The van der Waals surface area contributed by atoms with Crippen LogP contribution in [-0.2, 0) is 6.18 Å². The van der Waals surface area contributed by atoms with Crippen LogP contribution in [0.2, 0.25) is 5.02 Å².